The number of piperidine rings is 1. The lowest BCUT2D eigenvalue weighted by atomic mass is 9.94. The molecular weight excluding hydrogens is 320 g/mol. The molecule has 130 valence electrons. The summed E-state index contributed by atoms with van der Waals surface area (Å²) in [5, 5.41) is 3.38. The minimum atomic E-state index is -0.263. The lowest BCUT2D eigenvalue weighted by Crippen LogP contribution is -2.29. The highest BCUT2D eigenvalue weighted by atomic mass is 19.1. The first-order valence-electron chi connectivity index (χ1n) is 8.79. The van der Waals surface area contributed by atoms with E-state index >= 15 is 0 Å². The molecule has 4 rings (SSSR count). The van der Waals surface area contributed by atoms with Crippen molar-refractivity contribution in [2.45, 2.75) is 25.8 Å². The SMILES string of the molecule is Fc1ccc(Cn2c(CC3CCNCC3)nc3ccc(F)cc32)cc1. The van der Waals surface area contributed by atoms with Crippen molar-refractivity contribution in [1.29, 1.82) is 0 Å². The number of halogens is 2. The van der Waals surface area contributed by atoms with Gasteiger partial charge in [0.25, 0.3) is 0 Å². The van der Waals surface area contributed by atoms with E-state index in [0.29, 0.717) is 12.5 Å². The van der Waals surface area contributed by atoms with Gasteiger partial charge < -0.3 is 9.88 Å². The number of hydrogen-bond donors (Lipinski definition) is 1. The molecule has 25 heavy (non-hydrogen) atoms. The number of hydrogen-bond acceptors (Lipinski definition) is 2. The van der Waals surface area contributed by atoms with Crippen LogP contribution in [0.4, 0.5) is 8.78 Å². The van der Waals surface area contributed by atoms with Gasteiger partial charge in [-0.2, -0.15) is 0 Å². The molecule has 2 heterocycles. The van der Waals surface area contributed by atoms with Crippen molar-refractivity contribution in [1.82, 2.24) is 14.9 Å². The third-order valence-corrected chi connectivity index (χ3v) is 4.97. The summed E-state index contributed by atoms with van der Waals surface area (Å²) >= 11 is 0. The van der Waals surface area contributed by atoms with Gasteiger partial charge in [-0.1, -0.05) is 12.1 Å². The van der Waals surface area contributed by atoms with E-state index in [1.54, 1.807) is 18.2 Å². The van der Waals surface area contributed by atoms with Crippen LogP contribution in [-0.4, -0.2) is 22.6 Å². The molecule has 1 saturated heterocycles. The third kappa shape index (κ3) is 3.56. The summed E-state index contributed by atoms with van der Waals surface area (Å²) in [5.74, 6) is 1.06. The van der Waals surface area contributed by atoms with Gasteiger partial charge in [-0.3, -0.25) is 0 Å². The van der Waals surface area contributed by atoms with Crippen molar-refractivity contribution < 1.29 is 8.78 Å². The summed E-state index contributed by atoms with van der Waals surface area (Å²) in [6.45, 7) is 2.65. The van der Waals surface area contributed by atoms with E-state index in [9.17, 15) is 8.78 Å². The van der Waals surface area contributed by atoms with Gasteiger partial charge in [-0.15, -0.1) is 0 Å². The second kappa shape index (κ2) is 6.92. The van der Waals surface area contributed by atoms with Crippen LogP contribution in [-0.2, 0) is 13.0 Å². The Hall–Kier alpha value is -2.27. The van der Waals surface area contributed by atoms with Crippen molar-refractivity contribution in [2.75, 3.05) is 13.1 Å². The average Bonchev–Trinajstić information content (AvgIpc) is 2.94. The minimum Gasteiger partial charge on any atom is -0.323 e. The van der Waals surface area contributed by atoms with Crippen molar-refractivity contribution in [3.05, 3.63) is 65.5 Å². The molecule has 0 saturated carbocycles. The fourth-order valence-corrected chi connectivity index (χ4v) is 3.59. The molecule has 0 bridgehead atoms. The Balaban J connectivity index is 1.71. The summed E-state index contributed by atoms with van der Waals surface area (Å²) in [5.41, 5.74) is 2.59. The number of fused-ring (bicyclic) bond motifs is 1. The van der Waals surface area contributed by atoms with Gasteiger partial charge in [0.15, 0.2) is 0 Å². The second-order valence-corrected chi connectivity index (χ2v) is 6.77. The normalized spacial score (nSPS) is 15.8. The monoisotopic (exact) mass is 341 g/mol. The first-order chi connectivity index (χ1) is 12.2. The Bertz CT molecular complexity index is 865. The molecule has 1 fully saturated rings. The quantitative estimate of drug-likeness (QED) is 0.780. The summed E-state index contributed by atoms with van der Waals surface area (Å²) < 4.78 is 29.0. The lowest BCUT2D eigenvalue weighted by molar-refractivity contribution is 0.364. The van der Waals surface area contributed by atoms with Crippen LogP contribution in [0, 0.1) is 17.6 Å². The highest BCUT2D eigenvalue weighted by Crippen LogP contribution is 2.24. The molecule has 0 atom stereocenters. The van der Waals surface area contributed by atoms with Crippen LogP contribution in [0.1, 0.15) is 24.2 Å². The predicted octanol–water partition coefficient (Wildman–Crippen LogP) is 3.90. The molecule has 2 aromatic carbocycles. The zero-order valence-electron chi connectivity index (χ0n) is 14.0. The Labute approximate surface area is 145 Å². The molecule has 5 heteroatoms. The number of benzene rings is 2. The predicted molar refractivity (Wildman–Crippen MR) is 94.5 cm³/mol. The topological polar surface area (TPSA) is 29.9 Å². The lowest BCUT2D eigenvalue weighted by Gasteiger charge is -2.22. The number of rotatable bonds is 4. The van der Waals surface area contributed by atoms with Gasteiger partial charge in [-0.05, 0) is 67.7 Å². The third-order valence-electron chi connectivity index (χ3n) is 4.97. The second-order valence-electron chi connectivity index (χ2n) is 6.77. The first-order valence-corrected chi connectivity index (χ1v) is 8.79. The maximum absolute atomic E-state index is 13.8. The molecule has 0 amide bonds. The zero-order chi connectivity index (χ0) is 17.2. The average molecular weight is 341 g/mol. The maximum atomic E-state index is 13.8. The molecule has 0 unspecified atom stereocenters. The summed E-state index contributed by atoms with van der Waals surface area (Å²) in [4.78, 5) is 4.76. The van der Waals surface area contributed by atoms with Gasteiger partial charge in [0, 0.05) is 13.0 Å². The molecular formula is C20H21F2N3. The fraction of sp³-hybridized carbons (Fsp3) is 0.350. The number of imidazole rings is 1. The molecule has 1 aromatic heterocycles. The number of nitrogens with one attached hydrogen (secondary N) is 1. The Kier molecular flexibility index (Phi) is 4.49. The van der Waals surface area contributed by atoms with E-state index in [0.717, 1.165) is 54.8 Å². The molecule has 0 spiro atoms. The maximum Gasteiger partial charge on any atom is 0.125 e. The number of nitrogens with zero attached hydrogens (tertiary/aromatic N) is 2. The van der Waals surface area contributed by atoms with Crippen LogP contribution in [0.2, 0.25) is 0 Å². The highest BCUT2D eigenvalue weighted by molar-refractivity contribution is 5.76. The van der Waals surface area contributed by atoms with Crippen LogP contribution >= 0.6 is 0 Å². The van der Waals surface area contributed by atoms with E-state index in [1.807, 2.05) is 0 Å². The molecule has 1 N–H and O–H groups in total. The largest absolute Gasteiger partial charge is 0.323 e. The zero-order valence-corrected chi connectivity index (χ0v) is 14.0. The van der Waals surface area contributed by atoms with Crippen molar-refractivity contribution >= 4 is 11.0 Å². The molecule has 1 aliphatic heterocycles. The first kappa shape index (κ1) is 16.2. The van der Waals surface area contributed by atoms with Gasteiger partial charge >= 0.3 is 0 Å². The van der Waals surface area contributed by atoms with Gasteiger partial charge in [0.1, 0.15) is 17.5 Å². The summed E-state index contributed by atoms with van der Waals surface area (Å²) in [7, 11) is 0. The van der Waals surface area contributed by atoms with Crippen LogP contribution in [0.15, 0.2) is 42.5 Å². The fourth-order valence-electron chi connectivity index (χ4n) is 3.59. The number of aromatic nitrogens is 2. The Morgan fingerprint density at radius 3 is 2.48 bits per heavy atom. The van der Waals surface area contributed by atoms with Gasteiger partial charge in [0.2, 0.25) is 0 Å². The van der Waals surface area contributed by atoms with Crippen LogP contribution in [0.25, 0.3) is 11.0 Å². The Morgan fingerprint density at radius 2 is 1.72 bits per heavy atom. The summed E-state index contributed by atoms with van der Waals surface area (Å²) in [6.07, 6.45) is 3.15. The molecule has 0 radical (unpaired) electrons. The summed E-state index contributed by atoms with van der Waals surface area (Å²) in [6, 6.07) is 11.2. The van der Waals surface area contributed by atoms with E-state index in [1.165, 1.54) is 24.3 Å². The van der Waals surface area contributed by atoms with Crippen LogP contribution in [0.3, 0.4) is 0 Å². The molecule has 1 aliphatic rings. The van der Waals surface area contributed by atoms with Crippen molar-refractivity contribution in [3.63, 3.8) is 0 Å². The highest BCUT2D eigenvalue weighted by Gasteiger charge is 2.19. The van der Waals surface area contributed by atoms with Gasteiger partial charge in [-0.25, -0.2) is 13.8 Å². The van der Waals surface area contributed by atoms with Crippen LogP contribution in [0.5, 0.6) is 0 Å². The van der Waals surface area contributed by atoms with Crippen LogP contribution < -0.4 is 5.32 Å². The minimum absolute atomic E-state index is 0.250. The van der Waals surface area contributed by atoms with Crippen molar-refractivity contribution in [2.24, 2.45) is 5.92 Å². The van der Waals surface area contributed by atoms with E-state index in [-0.39, 0.29) is 11.6 Å². The molecule has 3 nitrogen and oxygen atoms in total. The molecule has 0 aliphatic carbocycles. The van der Waals surface area contributed by atoms with E-state index in [2.05, 4.69) is 9.88 Å². The molecule has 3 aromatic rings. The Morgan fingerprint density at radius 1 is 1.00 bits per heavy atom. The smallest absolute Gasteiger partial charge is 0.125 e. The van der Waals surface area contributed by atoms with Crippen molar-refractivity contribution in [3.8, 4) is 0 Å². The van der Waals surface area contributed by atoms with E-state index < -0.39 is 0 Å². The van der Waals surface area contributed by atoms with E-state index in [4.69, 9.17) is 4.98 Å². The van der Waals surface area contributed by atoms with Gasteiger partial charge in [0.05, 0.1) is 11.0 Å². The standard InChI is InChI=1S/C20H21F2N3/c21-16-3-1-15(2-4-16)13-25-19-12-17(22)5-6-18(19)24-20(25)11-14-7-9-23-10-8-14/h1-6,12,14,23H,7-11,13H2.